The van der Waals surface area contributed by atoms with Crippen molar-refractivity contribution in [2.45, 2.75) is 75.8 Å². The van der Waals surface area contributed by atoms with Crippen LogP contribution in [0.3, 0.4) is 0 Å². The van der Waals surface area contributed by atoms with Crippen molar-refractivity contribution in [3.63, 3.8) is 0 Å². The van der Waals surface area contributed by atoms with E-state index in [-0.39, 0.29) is 68.4 Å². The third-order valence-electron chi connectivity index (χ3n) is 14.8. The summed E-state index contributed by atoms with van der Waals surface area (Å²) in [6.45, 7) is 3.91. The molecule has 6 aromatic carbocycles. The maximum Gasteiger partial charge on any atom is 0.416 e. The molecule has 0 bridgehead atoms. The van der Waals surface area contributed by atoms with Crippen LogP contribution in [0.2, 0.25) is 0 Å². The van der Waals surface area contributed by atoms with E-state index in [1.54, 1.807) is 47.4 Å². The molecule has 2 aliphatic carbocycles. The Morgan fingerprint density at radius 1 is 0.846 bits per heavy atom. The van der Waals surface area contributed by atoms with Gasteiger partial charge in [-0.15, -0.1) is 6.58 Å². The van der Waals surface area contributed by atoms with Crippen LogP contribution in [0.4, 0.5) is 16.2 Å². The lowest BCUT2D eigenvalue weighted by molar-refractivity contribution is -0.385. The van der Waals surface area contributed by atoms with E-state index < -0.39 is 39.6 Å². The number of nitro groups is 2. The Kier molecular flexibility index (Phi) is 17.2. The first-order valence-electron chi connectivity index (χ1n) is 25.9. The molecular weight excluding hydrogens is 1000 g/mol. The standard InChI is InChI=1S/C60H60N4O14/c1-3-31-74-60-56(62(36-42-14-10-13-40-11-4-5-15-49(40)42)59(68)77-46-23-21-45(22-24-46)64(71)72)35-53(61-75-38-39-17-19-44(20-18-39)63(69)70)51-33-41(12-6-8-29-65)50(16-7-9-30-66)57(58(51)60)52-34-48(26-28-55(52)78-60)76-47-25-27-54(73-2)43(32-47)37-67/h3-5,10-11,13-15,17-28,32-34,37,41,50,56-58,65-66H,1,6-9,12,16,29-31,35-36,38H2,2H3/t41-,50+,56-,57+,58+,60+/m0/s1. The largest absolute Gasteiger partial charge is 0.496 e. The summed E-state index contributed by atoms with van der Waals surface area (Å²) in [6, 6.07) is 34.2. The Balaban J connectivity index is 1.26. The Hall–Kier alpha value is -8.45. The van der Waals surface area contributed by atoms with Crippen LogP contribution in [0, 0.1) is 38.0 Å². The molecular formula is C60H60N4O14. The van der Waals surface area contributed by atoms with E-state index in [0.29, 0.717) is 84.6 Å². The van der Waals surface area contributed by atoms with Gasteiger partial charge in [0.25, 0.3) is 11.4 Å². The second-order valence-electron chi connectivity index (χ2n) is 19.5. The second-order valence-corrected chi connectivity index (χ2v) is 19.5. The van der Waals surface area contributed by atoms with Gasteiger partial charge >= 0.3 is 6.09 Å². The van der Waals surface area contributed by atoms with Gasteiger partial charge in [-0.1, -0.05) is 72.6 Å². The van der Waals surface area contributed by atoms with Gasteiger partial charge in [-0.25, -0.2) is 4.79 Å². The highest BCUT2D eigenvalue weighted by atomic mass is 16.7. The summed E-state index contributed by atoms with van der Waals surface area (Å²) in [5, 5.41) is 50.2. The number of benzene rings is 6. The average Bonchev–Trinajstić information content (AvgIpc) is 3.32. The van der Waals surface area contributed by atoms with Crippen LogP contribution in [0.15, 0.2) is 157 Å². The zero-order valence-corrected chi connectivity index (χ0v) is 43.0. The van der Waals surface area contributed by atoms with E-state index in [1.165, 1.54) is 43.5 Å². The fourth-order valence-corrected chi connectivity index (χ4v) is 11.3. The SMILES string of the molecule is C=CCO[C@@]12Oc3ccc(Oc4ccc(OC)c(C=O)c4)cc3[C@H]3[C@H](CCCCO)[C@@H](CCCCO)C=C(C(=NOCc4ccc([N+](=O)[O-])cc4)C[C@@H]1N(Cc1cccc4ccccc14)C(=O)Oc1ccc([N+](=O)[O-])cc1)[C@H]32. The first-order chi connectivity index (χ1) is 38.0. The van der Waals surface area contributed by atoms with Crippen molar-refractivity contribution in [3.05, 3.63) is 194 Å². The number of carbonyl (C=O) groups is 2. The molecule has 404 valence electrons. The van der Waals surface area contributed by atoms with Gasteiger partial charge in [0, 0.05) is 55.4 Å². The van der Waals surface area contributed by atoms with Crippen molar-refractivity contribution in [2.24, 2.45) is 22.9 Å². The van der Waals surface area contributed by atoms with Crippen LogP contribution < -0.4 is 18.9 Å². The van der Waals surface area contributed by atoms with E-state index in [4.69, 9.17) is 33.7 Å². The molecule has 78 heavy (non-hydrogen) atoms. The van der Waals surface area contributed by atoms with Crippen molar-refractivity contribution < 1.29 is 58.2 Å². The first-order valence-corrected chi connectivity index (χ1v) is 25.9. The number of methoxy groups -OCH3 is 1. The summed E-state index contributed by atoms with van der Waals surface area (Å²) < 4.78 is 32.8. The molecule has 0 aromatic heterocycles. The Morgan fingerprint density at radius 3 is 2.23 bits per heavy atom. The molecule has 1 aliphatic heterocycles. The smallest absolute Gasteiger partial charge is 0.416 e. The number of ether oxygens (including phenoxy) is 5. The maximum atomic E-state index is 15.5. The summed E-state index contributed by atoms with van der Waals surface area (Å²) >= 11 is 0. The van der Waals surface area contributed by atoms with Gasteiger partial charge in [-0.2, -0.15) is 0 Å². The number of allylic oxidation sites excluding steroid dienone is 1. The van der Waals surface area contributed by atoms with Crippen molar-refractivity contribution in [2.75, 3.05) is 26.9 Å². The van der Waals surface area contributed by atoms with E-state index in [2.05, 4.69) is 12.7 Å². The number of hydrogen-bond donors (Lipinski definition) is 2. The van der Waals surface area contributed by atoms with Crippen molar-refractivity contribution >= 4 is 40.2 Å². The molecule has 1 fully saturated rings. The number of aldehydes is 1. The van der Waals surface area contributed by atoms with E-state index in [9.17, 15) is 35.2 Å². The van der Waals surface area contributed by atoms with Crippen molar-refractivity contribution in [1.29, 1.82) is 0 Å². The lowest BCUT2D eigenvalue weighted by atomic mass is 9.55. The minimum Gasteiger partial charge on any atom is -0.496 e. The number of oxime groups is 1. The molecule has 0 saturated heterocycles. The molecule has 6 atom stereocenters. The minimum absolute atomic E-state index is 0.00492. The van der Waals surface area contributed by atoms with Crippen LogP contribution in [-0.4, -0.2) is 81.8 Å². The topological polar surface area (TPSA) is 232 Å². The summed E-state index contributed by atoms with van der Waals surface area (Å²) in [6.07, 6.45) is 7.46. The number of aliphatic hydroxyl groups excluding tert-OH is 2. The predicted octanol–water partition coefficient (Wildman–Crippen LogP) is 11.8. The highest BCUT2D eigenvalue weighted by Crippen LogP contribution is 2.62. The van der Waals surface area contributed by atoms with Gasteiger partial charge in [0.15, 0.2) is 6.29 Å². The Bertz CT molecular complexity index is 3210. The highest BCUT2D eigenvalue weighted by Gasteiger charge is 2.66. The number of rotatable bonds is 24. The fraction of sp³-hybridized carbons (Fsp3) is 0.317. The number of fused-ring (bicyclic) bond motifs is 3. The second kappa shape index (κ2) is 24.7. The molecule has 1 heterocycles. The van der Waals surface area contributed by atoms with Gasteiger partial charge in [-0.05, 0) is 126 Å². The molecule has 18 nitrogen and oxygen atoms in total. The quantitative estimate of drug-likeness (QED) is 0.0189. The molecule has 9 rings (SSSR count). The lowest BCUT2D eigenvalue weighted by Crippen LogP contribution is -2.70. The van der Waals surface area contributed by atoms with Gasteiger partial charge in [0.2, 0.25) is 5.79 Å². The number of nitrogens with zero attached hydrogens (tertiary/aromatic N) is 4. The summed E-state index contributed by atoms with van der Waals surface area (Å²) in [4.78, 5) is 57.6. The third-order valence-corrected chi connectivity index (χ3v) is 14.8. The summed E-state index contributed by atoms with van der Waals surface area (Å²) in [5.41, 5.74) is 3.40. The van der Waals surface area contributed by atoms with Crippen LogP contribution in [0.25, 0.3) is 10.8 Å². The number of amides is 1. The number of carbonyl (C=O) groups excluding carboxylic acids is 2. The first kappa shape index (κ1) is 54.3. The van der Waals surface area contributed by atoms with Crippen LogP contribution >= 0.6 is 0 Å². The van der Waals surface area contributed by atoms with Gasteiger partial charge in [0.1, 0.15) is 41.4 Å². The van der Waals surface area contributed by atoms with Gasteiger partial charge in [0.05, 0.1) is 47.3 Å². The van der Waals surface area contributed by atoms with Crippen LogP contribution in [0.1, 0.15) is 77.9 Å². The number of unbranched alkanes of at least 4 members (excludes halogenated alkanes) is 2. The molecule has 0 radical (unpaired) electrons. The number of non-ortho nitro benzene ring substituents is 2. The maximum absolute atomic E-state index is 15.5. The number of nitro benzene ring substituents is 2. The number of aliphatic hydroxyl groups is 2. The predicted molar refractivity (Wildman–Crippen MR) is 290 cm³/mol. The van der Waals surface area contributed by atoms with E-state index in [1.807, 2.05) is 54.6 Å². The summed E-state index contributed by atoms with van der Waals surface area (Å²) in [5.74, 6) is -1.50. The van der Waals surface area contributed by atoms with E-state index in [0.717, 1.165) is 27.5 Å². The Morgan fingerprint density at radius 2 is 1.53 bits per heavy atom. The van der Waals surface area contributed by atoms with Crippen LogP contribution in [0.5, 0.6) is 28.7 Å². The molecule has 6 aromatic rings. The van der Waals surface area contributed by atoms with Gasteiger partial charge < -0.3 is 38.7 Å². The minimum atomic E-state index is -1.73. The van der Waals surface area contributed by atoms with Crippen molar-refractivity contribution in [3.8, 4) is 28.7 Å². The Labute approximate surface area is 450 Å². The molecule has 0 spiro atoms. The summed E-state index contributed by atoms with van der Waals surface area (Å²) in [7, 11) is 1.48. The molecule has 1 amide bonds. The van der Waals surface area contributed by atoms with Gasteiger partial charge in [-0.3, -0.25) is 29.9 Å². The molecule has 18 heteroatoms. The third kappa shape index (κ3) is 11.6. The molecule has 1 saturated carbocycles. The molecule has 0 unspecified atom stereocenters. The number of hydrogen-bond acceptors (Lipinski definition) is 15. The lowest BCUT2D eigenvalue weighted by Gasteiger charge is -2.59. The highest BCUT2D eigenvalue weighted by molar-refractivity contribution is 6.03. The molecule has 2 N–H and O–H groups in total. The van der Waals surface area contributed by atoms with Crippen LogP contribution in [-0.2, 0) is 22.7 Å². The monoisotopic (exact) mass is 1060 g/mol. The fourth-order valence-electron chi connectivity index (χ4n) is 11.3. The van der Waals surface area contributed by atoms with Crippen molar-refractivity contribution in [1.82, 2.24) is 4.90 Å². The zero-order chi connectivity index (χ0) is 54.8. The zero-order valence-electron chi connectivity index (χ0n) is 43.0. The molecule has 3 aliphatic rings. The van der Waals surface area contributed by atoms with E-state index >= 15 is 4.79 Å². The normalized spacial score (nSPS) is 20.5. The average molecular weight is 1060 g/mol.